The van der Waals surface area contributed by atoms with Crippen molar-refractivity contribution in [2.75, 3.05) is 25.6 Å². The number of hydrogen-bond donors (Lipinski definition) is 3. The van der Waals surface area contributed by atoms with Gasteiger partial charge in [-0.05, 0) is 77.5 Å². The highest BCUT2D eigenvalue weighted by atomic mass is 127. The number of sulfonamides is 1. The van der Waals surface area contributed by atoms with E-state index in [2.05, 4.69) is 9.78 Å². The lowest BCUT2D eigenvalue weighted by Gasteiger charge is -2.38. The Hall–Kier alpha value is -1.78. The zero-order valence-corrected chi connectivity index (χ0v) is 22.0. The van der Waals surface area contributed by atoms with Crippen LogP contribution in [-0.2, 0) is 32.8 Å². The van der Waals surface area contributed by atoms with Crippen LogP contribution >= 0.6 is 22.6 Å². The van der Waals surface area contributed by atoms with E-state index in [0.29, 0.717) is 18.4 Å². The molecule has 3 rings (SSSR count). The van der Waals surface area contributed by atoms with Gasteiger partial charge in [0.1, 0.15) is 12.4 Å². The van der Waals surface area contributed by atoms with Crippen LogP contribution in [0.25, 0.3) is 0 Å². The largest absolute Gasteiger partial charge is 0.395 e. The fourth-order valence-electron chi connectivity index (χ4n) is 4.07. The molecule has 0 spiro atoms. The second-order valence-electron chi connectivity index (χ2n) is 8.28. The van der Waals surface area contributed by atoms with Gasteiger partial charge in [-0.15, -0.1) is 0 Å². The van der Waals surface area contributed by atoms with Crippen molar-refractivity contribution in [2.24, 2.45) is 5.92 Å². The normalized spacial score (nSPS) is 17.6. The zero-order chi connectivity index (χ0) is 26.5. The van der Waals surface area contributed by atoms with Crippen molar-refractivity contribution in [1.82, 2.24) is 4.72 Å². The quantitative estimate of drug-likeness (QED) is 0.141. The minimum atomic E-state index is -3.97. The molecule has 1 aliphatic carbocycles. The zero-order valence-electron chi connectivity index (χ0n) is 19.0. The van der Waals surface area contributed by atoms with E-state index in [1.165, 1.54) is 6.07 Å². The van der Waals surface area contributed by atoms with Crippen LogP contribution in [0.5, 0.6) is 0 Å². The van der Waals surface area contributed by atoms with Crippen LogP contribution in [0.15, 0.2) is 24.3 Å². The Morgan fingerprint density at radius 3 is 2.47 bits per heavy atom. The molecule has 13 heteroatoms. The van der Waals surface area contributed by atoms with Crippen LogP contribution < -0.4 is 4.72 Å². The van der Waals surface area contributed by atoms with Gasteiger partial charge in [0.2, 0.25) is 10.0 Å². The summed E-state index contributed by atoms with van der Waals surface area (Å²) >= 11 is 1.99. The molecule has 1 fully saturated rings. The lowest BCUT2D eigenvalue weighted by atomic mass is 9.67. The van der Waals surface area contributed by atoms with E-state index < -0.39 is 64.5 Å². The third kappa shape index (κ3) is 6.95. The summed E-state index contributed by atoms with van der Waals surface area (Å²) in [5.41, 5.74) is -0.678. The van der Waals surface area contributed by atoms with E-state index in [0.717, 1.165) is 9.64 Å². The van der Waals surface area contributed by atoms with Crippen LogP contribution in [0.2, 0.25) is 0 Å². The molecule has 2 aromatic carbocycles. The van der Waals surface area contributed by atoms with Crippen LogP contribution in [0.1, 0.15) is 45.8 Å². The molecule has 1 aliphatic rings. The molecule has 0 amide bonds. The molecule has 8 nitrogen and oxygen atoms in total. The van der Waals surface area contributed by atoms with Crippen LogP contribution in [-0.4, -0.2) is 50.2 Å². The molecule has 2 aromatic rings. The minimum absolute atomic E-state index is 0.0974. The van der Waals surface area contributed by atoms with Gasteiger partial charge in [0.05, 0.1) is 24.5 Å². The molecule has 198 valence electrons. The summed E-state index contributed by atoms with van der Waals surface area (Å²) < 4.78 is 71.1. The van der Waals surface area contributed by atoms with Gasteiger partial charge in [0, 0.05) is 21.2 Å². The Kier molecular flexibility index (Phi) is 10.1. The number of aliphatic hydroxyl groups is 2. The summed E-state index contributed by atoms with van der Waals surface area (Å²) in [6.07, 6.45) is 1.13. The molecule has 0 heterocycles. The Morgan fingerprint density at radius 1 is 1.11 bits per heavy atom. The average Bonchev–Trinajstić information content (AvgIpc) is 2.80. The van der Waals surface area contributed by atoms with Gasteiger partial charge in [-0.3, -0.25) is 4.89 Å². The predicted molar refractivity (Wildman–Crippen MR) is 131 cm³/mol. The molecule has 0 aromatic heterocycles. The van der Waals surface area contributed by atoms with E-state index in [-0.39, 0.29) is 36.0 Å². The molecule has 36 heavy (non-hydrogen) atoms. The molecule has 0 saturated heterocycles. The van der Waals surface area contributed by atoms with Crippen molar-refractivity contribution in [3.8, 4) is 0 Å². The minimum Gasteiger partial charge on any atom is -0.395 e. The number of halogens is 4. The summed E-state index contributed by atoms with van der Waals surface area (Å²) in [5, 5.41) is 17.6. The summed E-state index contributed by atoms with van der Waals surface area (Å²) in [6, 6.07) is 5.77. The lowest BCUT2D eigenvalue weighted by molar-refractivity contribution is -0.245. The summed E-state index contributed by atoms with van der Waals surface area (Å²) in [5.74, 6) is -5.44. The maximum absolute atomic E-state index is 15.3. The fourth-order valence-corrected chi connectivity index (χ4v) is 5.28. The third-order valence-electron chi connectivity index (χ3n) is 6.00. The predicted octanol–water partition coefficient (Wildman–Crippen LogP) is 2.94. The van der Waals surface area contributed by atoms with E-state index >= 15 is 4.39 Å². The molecule has 2 unspecified atom stereocenters. The maximum atomic E-state index is 15.3. The van der Waals surface area contributed by atoms with Crippen molar-refractivity contribution in [1.29, 1.82) is 0 Å². The smallest absolute Gasteiger partial charge is 0.373 e. The number of carbonyl (C=O) groups is 1. The SMILES string of the molecule is O=C(OOCCO)c1cc(CNS(=O)(=O)CCO)c(F)c(F)c1CC1CCC1c1ccc(I)cc1F. The number of aliphatic hydroxyl groups excluding tert-OH is 2. The lowest BCUT2D eigenvalue weighted by Crippen LogP contribution is -2.29. The number of rotatable bonds is 12. The van der Waals surface area contributed by atoms with Gasteiger partial charge in [-0.1, -0.05) is 6.07 Å². The summed E-state index contributed by atoms with van der Waals surface area (Å²) in [4.78, 5) is 21.8. The summed E-state index contributed by atoms with van der Waals surface area (Å²) in [7, 11) is -3.97. The Morgan fingerprint density at radius 2 is 1.86 bits per heavy atom. The van der Waals surface area contributed by atoms with Gasteiger partial charge in [0.15, 0.2) is 11.6 Å². The molecule has 1 saturated carbocycles. The van der Waals surface area contributed by atoms with E-state index in [9.17, 15) is 22.0 Å². The number of nitrogens with one attached hydrogen (secondary N) is 1. The van der Waals surface area contributed by atoms with Crippen molar-refractivity contribution in [3.05, 3.63) is 67.5 Å². The number of carbonyl (C=O) groups excluding carboxylic acids is 1. The second kappa shape index (κ2) is 12.6. The maximum Gasteiger partial charge on any atom is 0.373 e. The molecule has 0 radical (unpaired) electrons. The van der Waals surface area contributed by atoms with E-state index in [1.807, 2.05) is 27.3 Å². The van der Waals surface area contributed by atoms with Crippen LogP contribution in [0, 0.1) is 26.9 Å². The molecule has 2 atom stereocenters. The van der Waals surface area contributed by atoms with Gasteiger partial charge < -0.3 is 10.2 Å². The van der Waals surface area contributed by atoms with Crippen molar-refractivity contribution >= 4 is 38.6 Å². The first-order valence-electron chi connectivity index (χ1n) is 11.1. The van der Waals surface area contributed by atoms with Crippen LogP contribution in [0.4, 0.5) is 13.2 Å². The molecule has 0 bridgehead atoms. The van der Waals surface area contributed by atoms with Gasteiger partial charge in [-0.2, -0.15) is 4.89 Å². The standard InChI is InChI=1S/C23H25F3INO7S/c24-20-11-15(27)2-4-17(20)16-3-1-13(16)9-18-19(23(31)35-34-7-5-29)10-14(21(25)22(18)26)12-28-36(32,33)8-6-30/h2,4,10-11,13,16,28-30H,1,3,5-9,12H2. The molecule has 3 N–H and O–H groups in total. The van der Waals surface area contributed by atoms with Crippen molar-refractivity contribution < 1.29 is 46.4 Å². The Balaban J connectivity index is 1.92. The summed E-state index contributed by atoms with van der Waals surface area (Å²) in [6.45, 7) is -2.16. The monoisotopic (exact) mass is 643 g/mol. The molecular formula is C23H25F3INO7S. The van der Waals surface area contributed by atoms with E-state index in [4.69, 9.17) is 10.2 Å². The van der Waals surface area contributed by atoms with Gasteiger partial charge >= 0.3 is 5.97 Å². The van der Waals surface area contributed by atoms with Gasteiger partial charge in [0.25, 0.3) is 0 Å². The third-order valence-corrected chi connectivity index (χ3v) is 7.98. The average molecular weight is 643 g/mol. The topological polar surface area (TPSA) is 122 Å². The first kappa shape index (κ1) is 28.8. The second-order valence-corrected chi connectivity index (χ2v) is 11.5. The highest BCUT2D eigenvalue weighted by Gasteiger charge is 2.36. The first-order valence-corrected chi connectivity index (χ1v) is 13.8. The molecule has 0 aliphatic heterocycles. The first-order chi connectivity index (χ1) is 17.1. The highest BCUT2D eigenvalue weighted by Crippen LogP contribution is 2.46. The van der Waals surface area contributed by atoms with Gasteiger partial charge in [-0.25, -0.2) is 31.1 Å². The van der Waals surface area contributed by atoms with E-state index in [1.54, 1.807) is 12.1 Å². The Bertz CT molecular complexity index is 1210. The molecular weight excluding hydrogens is 618 g/mol. The number of hydrogen-bond acceptors (Lipinski definition) is 7. The number of benzene rings is 2. The highest BCUT2D eigenvalue weighted by molar-refractivity contribution is 14.1. The van der Waals surface area contributed by atoms with Crippen molar-refractivity contribution in [2.45, 2.75) is 31.7 Å². The Labute approximate surface area is 219 Å². The fraction of sp³-hybridized carbons (Fsp3) is 0.435. The van der Waals surface area contributed by atoms with Crippen LogP contribution in [0.3, 0.4) is 0 Å². The van der Waals surface area contributed by atoms with Crippen molar-refractivity contribution in [3.63, 3.8) is 0 Å².